The number of aliphatic hydroxyl groups is 1. The number of carbonyl (C=O) groups excluding carboxylic acids is 2. The van der Waals surface area contributed by atoms with E-state index in [-0.39, 0.29) is 29.6 Å². The van der Waals surface area contributed by atoms with Crippen molar-refractivity contribution in [2.45, 2.75) is 107 Å². The lowest BCUT2D eigenvalue weighted by Gasteiger charge is -2.29. The van der Waals surface area contributed by atoms with Gasteiger partial charge in [0.25, 0.3) is 5.91 Å². The highest BCUT2D eigenvalue weighted by atomic mass is 32.2. The van der Waals surface area contributed by atoms with Crippen LogP contribution in [-0.4, -0.2) is 83.3 Å². The summed E-state index contributed by atoms with van der Waals surface area (Å²) in [6.45, 7) is 5.87. The molecule has 308 valence electrons. The molecule has 11 nitrogen and oxygen atoms in total. The fourth-order valence-electron chi connectivity index (χ4n) is 6.22. The molecule has 0 aliphatic heterocycles. The number of pyridine rings is 1. The number of aryl methyl sites for hydroxylation is 1. The zero-order valence-electron chi connectivity index (χ0n) is 31.4. The van der Waals surface area contributed by atoms with Gasteiger partial charge in [0, 0.05) is 36.1 Å². The van der Waals surface area contributed by atoms with E-state index in [2.05, 4.69) is 40.0 Å². The van der Waals surface area contributed by atoms with Gasteiger partial charge in [0.15, 0.2) is 9.84 Å². The second kappa shape index (κ2) is 20.6. The summed E-state index contributed by atoms with van der Waals surface area (Å²) in [6.07, 6.45) is 0.943. The van der Waals surface area contributed by atoms with Crippen molar-refractivity contribution in [3.8, 4) is 0 Å². The topological polar surface area (TPSA) is 175 Å². The first-order valence-corrected chi connectivity index (χ1v) is 20.1. The zero-order chi connectivity index (χ0) is 41.7. The first-order chi connectivity index (χ1) is 26.3. The van der Waals surface area contributed by atoms with Crippen molar-refractivity contribution in [1.29, 1.82) is 0 Å². The van der Waals surface area contributed by atoms with Crippen LogP contribution in [0.5, 0.6) is 0 Å². The average Bonchev–Trinajstić information content (AvgIpc) is 3.94. The lowest BCUT2D eigenvalue weighted by molar-refractivity contribution is -0.192. The number of rotatable bonds is 19. The molecule has 1 aromatic heterocycles. The third kappa shape index (κ3) is 13.9. The number of hydrogen-bond acceptors (Lipinski definition) is 8. The SMILES string of the molecule is CCCC(CCC)S(=O)(=O)C[C@@H](NC(=O)c1ccncc1)C(=O)N[C@@H](Cc1cc(F)cc(F)c1)[C@H](O)CNC1(c2cccc(CC)c2)CC1.O=C(O)C(F)(F)F. The van der Waals surface area contributed by atoms with Crippen LogP contribution in [0, 0.1) is 11.6 Å². The summed E-state index contributed by atoms with van der Waals surface area (Å²) in [4.78, 5) is 40.0. The molecule has 1 saturated carbocycles. The molecule has 2 aromatic carbocycles. The number of nitrogens with one attached hydrogen (secondary N) is 3. The van der Waals surface area contributed by atoms with E-state index in [1.54, 1.807) is 0 Å². The Balaban J connectivity index is 0.00000109. The standard InChI is InChI=1S/C37H48F2N4O5S.C2HF3O2/c1-4-8-31(9-5-2)49(47,48)24-33(43-35(45)27-12-16-40-17-13-27)36(46)42-32(21-26-19-29(38)22-30(39)20-26)34(44)23-41-37(14-15-37)28-11-7-10-25(6-3)18-28;3-2(4,5)1(6)7/h7,10-13,16-20,22,31-34,41,44H,4-6,8-9,14-15,21,23-24H2,1-3H3,(H,42,46)(H,43,45);(H,6,7)/t32-,33+,34+;/m0./s1. The number of carboxylic acids is 1. The monoisotopic (exact) mass is 812 g/mol. The third-order valence-corrected chi connectivity index (χ3v) is 11.7. The Labute approximate surface area is 323 Å². The van der Waals surface area contributed by atoms with E-state index in [4.69, 9.17) is 9.90 Å². The Morgan fingerprint density at radius 1 is 0.893 bits per heavy atom. The van der Waals surface area contributed by atoms with Gasteiger partial charge in [-0.15, -0.1) is 0 Å². The number of aliphatic carboxylic acids is 1. The fraction of sp³-hybridized carbons (Fsp3) is 0.487. The van der Waals surface area contributed by atoms with Gasteiger partial charge in [-0.1, -0.05) is 57.9 Å². The van der Waals surface area contributed by atoms with E-state index in [1.807, 2.05) is 26.0 Å². The molecule has 1 aliphatic rings. The number of aliphatic hydroxyl groups excluding tert-OH is 1. The maximum Gasteiger partial charge on any atom is 0.490 e. The van der Waals surface area contributed by atoms with Crippen molar-refractivity contribution in [1.82, 2.24) is 20.9 Å². The summed E-state index contributed by atoms with van der Waals surface area (Å²) in [5, 5.41) is 26.7. The third-order valence-electron chi connectivity index (χ3n) is 9.39. The van der Waals surface area contributed by atoms with Crippen LogP contribution in [0.4, 0.5) is 22.0 Å². The number of carboxylic acid groups (broad SMARTS) is 1. The molecule has 1 heterocycles. The van der Waals surface area contributed by atoms with Gasteiger partial charge in [0.1, 0.15) is 17.7 Å². The first-order valence-electron chi connectivity index (χ1n) is 18.3. The first kappa shape index (κ1) is 45.9. The minimum Gasteiger partial charge on any atom is -0.475 e. The van der Waals surface area contributed by atoms with Crippen molar-refractivity contribution in [3.63, 3.8) is 0 Å². The molecule has 1 aliphatic carbocycles. The minimum atomic E-state index is -5.08. The molecule has 4 rings (SSSR count). The number of halogens is 5. The number of alkyl halides is 3. The summed E-state index contributed by atoms with van der Waals surface area (Å²) in [6, 6.07) is 11.4. The van der Waals surface area contributed by atoms with Crippen LogP contribution in [0.15, 0.2) is 67.0 Å². The number of benzene rings is 2. The lowest BCUT2D eigenvalue weighted by Crippen LogP contribution is -2.57. The van der Waals surface area contributed by atoms with E-state index >= 15 is 0 Å². The van der Waals surface area contributed by atoms with Crippen molar-refractivity contribution >= 4 is 27.6 Å². The van der Waals surface area contributed by atoms with Crippen LogP contribution in [0.2, 0.25) is 0 Å². The molecule has 0 unspecified atom stereocenters. The summed E-state index contributed by atoms with van der Waals surface area (Å²) >= 11 is 0. The number of nitrogens with zero attached hydrogens (tertiary/aromatic N) is 1. The number of carbonyl (C=O) groups is 3. The van der Waals surface area contributed by atoms with Gasteiger partial charge in [-0.3, -0.25) is 14.6 Å². The van der Waals surface area contributed by atoms with E-state index < -0.39 is 74.6 Å². The van der Waals surface area contributed by atoms with Crippen molar-refractivity contribution < 1.29 is 55.0 Å². The molecule has 5 N–H and O–H groups in total. The van der Waals surface area contributed by atoms with Crippen molar-refractivity contribution in [2.24, 2.45) is 0 Å². The summed E-state index contributed by atoms with van der Waals surface area (Å²) in [5.74, 6) is -6.55. The van der Waals surface area contributed by atoms with Gasteiger partial charge >= 0.3 is 12.1 Å². The van der Waals surface area contributed by atoms with Crippen LogP contribution in [0.25, 0.3) is 0 Å². The van der Waals surface area contributed by atoms with E-state index in [9.17, 15) is 45.1 Å². The Bertz CT molecular complexity index is 1850. The van der Waals surface area contributed by atoms with E-state index in [1.165, 1.54) is 30.1 Å². The van der Waals surface area contributed by atoms with Gasteiger partial charge in [-0.2, -0.15) is 13.2 Å². The number of sulfone groups is 1. The van der Waals surface area contributed by atoms with Crippen LogP contribution in [-0.2, 0) is 37.8 Å². The lowest BCUT2D eigenvalue weighted by atomic mass is 9.98. The molecule has 1 fully saturated rings. The van der Waals surface area contributed by atoms with Crippen LogP contribution in [0.1, 0.15) is 86.3 Å². The molecule has 56 heavy (non-hydrogen) atoms. The summed E-state index contributed by atoms with van der Waals surface area (Å²) in [7, 11) is -3.86. The van der Waals surface area contributed by atoms with E-state index in [0.717, 1.165) is 43.0 Å². The van der Waals surface area contributed by atoms with E-state index in [0.29, 0.717) is 25.7 Å². The molecule has 0 radical (unpaired) electrons. The minimum absolute atomic E-state index is 0.0283. The van der Waals surface area contributed by atoms with Gasteiger partial charge in [0.05, 0.1) is 23.1 Å². The Morgan fingerprint density at radius 2 is 1.48 bits per heavy atom. The zero-order valence-corrected chi connectivity index (χ0v) is 32.2. The highest BCUT2D eigenvalue weighted by molar-refractivity contribution is 7.92. The maximum atomic E-state index is 14.2. The molecule has 3 atom stereocenters. The summed E-state index contributed by atoms with van der Waals surface area (Å²) in [5.41, 5.74) is 2.29. The number of aromatic nitrogens is 1. The van der Waals surface area contributed by atoms with Gasteiger partial charge in [0.2, 0.25) is 5.91 Å². The van der Waals surface area contributed by atoms with Gasteiger partial charge in [-0.25, -0.2) is 22.0 Å². The second-order valence-corrected chi connectivity index (χ2v) is 16.1. The highest BCUT2D eigenvalue weighted by Gasteiger charge is 2.45. The molecular weight excluding hydrogens is 764 g/mol. The maximum absolute atomic E-state index is 14.2. The van der Waals surface area contributed by atoms with Crippen LogP contribution >= 0.6 is 0 Å². The van der Waals surface area contributed by atoms with Gasteiger partial charge in [-0.05, 0) is 79.5 Å². The number of hydrogen-bond donors (Lipinski definition) is 5. The molecule has 2 amide bonds. The molecule has 3 aromatic rings. The smallest absolute Gasteiger partial charge is 0.475 e. The quantitative estimate of drug-likeness (QED) is 0.0993. The normalized spacial score (nSPS) is 15.2. The van der Waals surface area contributed by atoms with Crippen molar-refractivity contribution in [2.75, 3.05) is 12.3 Å². The second-order valence-electron chi connectivity index (χ2n) is 13.8. The van der Waals surface area contributed by atoms with Crippen LogP contribution in [0.3, 0.4) is 0 Å². The Hall–Kier alpha value is -4.48. The molecule has 0 saturated heterocycles. The number of amides is 2. The average molecular weight is 813 g/mol. The Morgan fingerprint density at radius 3 is 2.00 bits per heavy atom. The van der Waals surface area contributed by atoms with Crippen LogP contribution < -0.4 is 16.0 Å². The van der Waals surface area contributed by atoms with Crippen molar-refractivity contribution in [3.05, 3.63) is 101 Å². The molecule has 0 bridgehead atoms. The predicted molar refractivity (Wildman–Crippen MR) is 199 cm³/mol. The summed E-state index contributed by atoms with van der Waals surface area (Å²) < 4.78 is 87.4. The highest BCUT2D eigenvalue weighted by Crippen LogP contribution is 2.45. The fourth-order valence-corrected chi connectivity index (χ4v) is 8.38. The molecular formula is C39H49F5N4O7S. The van der Waals surface area contributed by atoms with Gasteiger partial charge < -0.3 is 26.2 Å². The predicted octanol–water partition coefficient (Wildman–Crippen LogP) is 5.40. The Kier molecular flexibility index (Phi) is 16.9. The molecule has 17 heteroatoms. The molecule has 0 spiro atoms. The largest absolute Gasteiger partial charge is 0.490 e.